The third-order valence-electron chi connectivity index (χ3n) is 2.26. The van der Waals surface area contributed by atoms with Crippen molar-refractivity contribution < 1.29 is 9.53 Å². The van der Waals surface area contributed by atoms with Crippen molar-refractivity contribution in [3.8, 4) is 0 Å². The van der Waals surface area contributed by atoms with Gasteiger partial charge in [0.25, 0.3) is 0 Å². The van der Waals surface area contributed by atoms with E-state index < -0.39 is 5.91 Å². The molecule has 90 valence electrons. The van der Waals surface area contributed by atoms with Crippen molar-refractivity contribution in [2.45, 2.75) is 39.3 Å². The van der Waals surface area contributed by atoms with Crippen molar-refractivity contribution in [1.29, 1.82) is 0 Å². The summed E-state index contributed by atoms with van der Waals surface area (Å²) in [6.45, 7) is 3.30. The summed E-state index contributed by atoms with van der Waals surface area (Å²) in [5.41, 5.74) is 6.60. The van der Waals surface area contributed by atoms with Crippen LogP contribution in [-0.4, -0.2) is 28.0 Å². The molecule has 1 rings (SSSR count). The SMILES string of the molecule is CCCCn1nnc(CC(N)=O)c1COC. The number of hydrogen-bond donors (Lipinski definition) is 1. The van der Waals surface area contributed by atoms with Gasteiger partial charge >= 0.3 is 0 Å². The molecule has 0 atom stereocenters. The molecule has 16 heavy (non-hydrogen) atoms. The fraction of sp³-hybridized carbons (Fsp3) is 0.700. The summed E-state index contributed by atoms with van der Waals surface area (Å²) in [5, 5.41) is 7.96. The number of carbonyl (C=O) groups excluding carboxylic acids is 1. The summed E-state index contributed by atoms with van der Waals surface area (Å²) in [6, 6.07) is 0. The summed E-state index contributed by atoms with van der Waals surface area (Å²) in [6.07, 6.45) is 2.22. The van der Waals surface area contributed by atoms with Gasteiger partial charge in [-0.05, 0) is 6.42 Å². The first-order chi connectivity index (χ1) is 7.69. The molecule has 1 aromatic rings. The zero-order valence-electron chi connectivity index (χ0n) is 9.77. The van der Waals surface area contributed by atoms with Crippen LogP contribution in [0.4, 0.5) is 0 Å². The minimum absolute atomic E-state index is 0.116. The second-order valence-electron chi connectivity index (χ2n) is 3.64. The number of ether oxygens (including phenoxy) is 1. The van der Waals surface area contributed by atoms with E-state index in [9.17, 15) is 4.79 Å². The zero-order valence-corrected chi connectivity index (χ0v) is 9.77. The van der Waals surface area contributed by atoms with Gasteiger partial charge in [0.05, 0.1) is 24.4 Å². The summed E-state index contributed by atoms with van der Waals surface area (Å²) < 4.78 is 6.86. The van der Waals surface area contributed by atoms with Gasteiger partial charge in [-0.25, -0.2) is 4.68 Å². The predicted molar refractivity (Wildman–Crippen MR) is 58.5 cm³/mol. The number of rotatable bonds is 7. The van der Waals surface area contributed by atoms with Crippen LogP contribution in [0.5, 0.6) is 0 Å². The molecule has 2 N–H and O–H groups in total. The van der Waals surface area contributed by atoms with Crippen LogP contribution in [0.1, 0.15) is 31.2 Å². The molecule has 0 aliphatic rings. The Morgan fingerprint density at radius 1 is 1.56 bits per heavy atom. The van der Waals surface area contributed by atoms with Crippen molar-refractivity contribution in [1.82, 2.24) is 15.0 Å². The normalized spacial score (nSPS) is 10.6. The van der Waals surface area contributed by atoms with Gasteiger partial charge < -0.3 is 10.5 Å². The number of carbonyl (C=O) groups is 1. The van der Waals surface area contributed by atoms with Crippen LogP contribution in [-0.2, 0) is 29.1 Å². The van der Waals surface area contributed by atoms with Gasteiger partial charge in [0.15, 0.2) is 0 Å². The molecule has 0 spiro atoms. The third kappa shape index (κ3) is 3.30. The Hall–Kier alpha value is -1.43. The number of aryl methyl sites for hydroxylation is 1. The van der Waals surface area contributed by atoms with E-state index in [1.54, 1.807) is 11.8 Å². The minimum Gasteiger partial charge on any atom is -0.378 e. The Labute approximate surface area is 94.8 Å². The Bertz CT molecular complexity index is 349. The van der Waals surface area contributed by atoms with Crippen LogP contribution in [0.15, 0.2) is 0 Å². The molecule has 6 nitrogen and oxygen atoms in total. The molecule has 0 saturated heterocycles. The number of amides is 1. The smallest absolute Gasteiger partial charge is 0.223 e. The molecule has 0 unspecified atom stereocenters. The average molecular weight is 226 g/mol. The van der Waals surface area contributed by atoms with Crippen LogP contribution < -0.4 is 5.73 Å². The van der Waals surface area contributed by atoms with Crippen LogP contribution in [0.25, 0.3) is 0 Å². The lowest BCUT2D eigenvalue weighted by molar-refractivity contribution is -0.117. The second-order valence-corrected chi connectivity index (χ2v) is 3.64. The topological polar surface area (TPSA) is 83.0 Å². The van der Waals surface area contributed by atoms with Gasteiger partial charge in [-0.1, -0.05) is 18.6 Å². The molecule has 0 aromatic carbocycles. The number of methoxy groups -OCH3 is 1. The van der Waals surface area contributed by atoms with E-state index in [-0.39, 0.29) is 6.42 Å². The van der Waals surface area contributed by atoms with Crippen LogP contribution in [0, 0.1) is 0 Å². The number of hydrogen-bond acceptors (Lipinski definition) is 4. The highest BCUT2D eigenvalue weighted by molar-refractivity contribution is 5.76. The van der Waals surface area contributed by atoms with Crippen molar-refractivity contribution in [2.75, 3.05) is 7.11 Å². The highest BCUT2D eigenvalue weighted by atomic mass is 16.5. The van der Waals surface area contributed by atoms with E-state index in [4.69, 9.17) is 10.5 Å². The Morgan fingerprint density at radius 2 is 2.31 bits per heavy atom. The number of nitrogens with two attached hydrogens (primary N) is 1. The molecular formula is C10H18N4O2. The summed E-state index contributed by atoms with van der Waals surface area (Å²) >= 11 is 0. The van der Waals surface area contributed by atoms with Crippen LogP contribution in [0.2, 0.25) is 0 Å². The maximum absolute atomic E-state index is 10.9. The van der Waals surface area contributed by atoms with E-state index in [1.807, 2.05) is 0 Å². The molecule has 6 heteroatoms. The lowest BCUT2D eigenvalue weighted by atomic mass is 10.2. The fourth-order valence-electron chi connectivity index (χ4n) is 1.45. The van der Waals surface area contributed by atoms with Crippen LogP contribution in [0.3, 0.4) is 0 Å². The van der Waals surface area contributed by atoms with Crippen molar-refractivity contribution in [3.63, 3.8) is 0 Å². The quantitative estimate of drug-likeness (QED) is 0.722. The molecule has 1 heterocycles. The van der Waals surface area contributed by atoms with Gasteiger partial charge in [-0.3, -0.25) is 4.79 Å². The summed E-state index contributed by atoms with van der Waals surface area (Å²) in [7, 11) is 1.60. The van der Waals surface area contributed by atoms with E-state index in [0.29, 0.717) is 12.3 Å². The summed E-state index contributed by atoms with van der Waals surface area (Å²) in [4.78, 5) is 10.9. The summed E-state index contributed by atoms with van der Waals surface area (Å²) in [5.74, 6) is -0.403. The standard InChI is InChI=1S/C10H18N4O2/c1-3-4-5-14-9(7-16-2)8(12-13-14)6-10(11)15/h3-7H2,1-2H3,(H2,11,15). The Balaban J connectivity index is 2.82. The molecule has 0 radical (unpaired) electrons. The average Bonchev–Trinajstić information content (AvgIpc) is 2.59. The Morgan fingerprint density at radius 3 is 2.88 bits per heavy atom. The predicted octanol–water partition coefficient (Wildman–Crippen LogP) is 0.252. The molecule has 0 aliphatic carbocycles. The van der Waals surface area contributed by atoms with Crippen molar-refractivity contribution in [3.05, 3.63) is 11.4 Å². The molecule has 0 aliphatic heterocycles. The largest absolute Gasteiger partial charge is 0.378 e. The highest BCUT2D eigenvalue weighted by Gasteiger charge is 2.14. The lowest BCUT2D eigenvalue weighted by Crippen LogP contribution is -2.16. The van der Waals surface area contributed by atoms with Gasteiger partial charge in [-0.2, -0.15) is 0 Å². The number of aromatic nitrogens is 3. The third-order valence-corrected chi connectivity index (χ3v) is 2.26. The molecule has 0 saturated carbocycles. The molecule has 0 bridgehead atoms. The fourth-order valence-corrected chi connectivity index (χ4v) is 1.45. The first-order valence-corrected chi connectivity index (χ1v) is 5.37. The van der Waals surface area contributed by atoms with Gasteiger partial charge in [0.2, 0.25) is 5.91 Å². The van der Waals surface area contributed by atoms with E-state index in [0.717, 1.165) is 25.1 Å². The highest BCUT2D eigenvalue weighted by Crippen LogP contribution is 2.09. The zero-order chi connectivity index (χ0) is 12.0. The minimum atomic E-state index is -0.403. The molecular weight excluding hydrogens is 208 g/mol. The second kappa shape index (κ2) is 6.22. The van der Waals surface area contributed by atoms with Gasteiger partial charge in [-0.15, -0.1) is 5.10 Å². The van der Waals surface area contributed by atoms with Crippen molar-refractivity contribution >= 4 is 5.91 Å². The van der Waals surface area contributed by atoms with Gasteiger partial charge in [0, 0.05) is 13.7 Å². The van der Waals surface area contributed by atoms with Crippen molar-refractivity contribution in [2.24, 2.45) is 5.73 Å². The maximum atomic E-state index is 10.9. The first kappa shape index (κ1) is 12.6. The maximum Gasteiger partial charge on any atom is 0.223 e. The first-order valence-electron chi connectivity index (χ1n) is 5.37. The lowest BCUT2D eigenvalue weighted by Gasteiger charge is -2.05. The van der Waals surface area contributed by atoms with Crippen LogP contribution >= 0.6 is 0 Å². The van der Waals surface area contributed by atoms with Gasteiger partial charge in [0.1, 0.15) is 0 Å². The number of primary amides is 1. The van der Waals surface area contributed by atoms with E-state index >= 15 is 0 Å². The molecule has 1 amide bonds. The number of unbranched alkanes of at least 4 members (excludes halogenated alkanes) is 1. The molecule has 1 aromatic heterocycles. The van der Waals surface area contributed by atoms with E-state index in [2.05, 4.69) is 17.2 Å². The Kier molecular flexibility index (Phi) is 4.91. The monoisotopic (exact) mass is 226 g/mol. The molecule has 0 fully saturated rings. The van der Waals surface area contributed by atoms with E-state index in [1.165, 1.54) is 0 Å². The number of nitrogens with zero attached hydrogens (tertiary/aromatic N) is 3.